The number of nitrogens with zero attached hydrogens (tertiary/aromatic N) is 2. The van der Waals surface area contributed by atoms with E-state index in [4.69, 9.17) is 4.74 Å². The molecule has 88 valence electrons. The molecule has 3 nitrogen and oxygen atoms in total. The van der Waals surface area contributed by atoms with E-state index in [-0.39, 0.29) is 0 Å². The zero-order valence-electron chi connectivity index (χ0n) is 10.6. The molecule has 1 heterocycles. The maximum absolute atomic E-state index is 5.44. The third kappa shape index (κ3) is 2.13. The molecule has 0 amide bonds. The first-order valence-corrected chi connectivity index (χ1v) is 5.57. The highest BCUT2D eigenvalue weighted by molar-refractivity contribution is 5.75. The molecule has 2 rings (SSSR count). The Kier molecular flexibility index (Phi) is 3.09. The molecule has 2 aromatic rings. The molecule has 3 heteroatoms. The van der Waals surface area contributed by atoms with E-state index in [9.17, 15) is 0 Å². The average Bonchev–Trinajstić information content (AvgIpc) is 2.30. The van der Waals surface area contributed by atoms with Crippen molar-refractivity contribution in [3.05, 3.63) is 41.2 Å². The lowest BCUT2D eigenvalue weighted by Crippen LogP contribution is -1.97. The zero-order valence-corrected chi connectivity index (χ0v) is 10.6. The average molecular weight is 228 g/mol. The van der Waals surface area contributed by atoms with Crippen molar-refractivity contribution >= 4 is 0 Å². The van der Waals surface area contributed by atoms with E-state index in [0.29, 0.717) is 0 Å². The summed E-state index contributed by atoms with van der Waals surface area (Å²) >= 11 is 0. The Morgan fingerprint density at radius 2 is 1.88 bits per heavy atom. The molecule has 0 saturated carbocycles. The Balaban J connectivity index is 2.68. The zero-order chi connectivity index (χ0) is 12.4. The van der Waals surface area contributed by atoms with Crippen molar-refractivity contribution in [1.82, 2.24) is 10.2 Å². The molecule has 0 saturated heterocycles. The van der Waals surface area contributed by atoms with Crippen LogP contribution in [0.4, 0.5) is 0 Å². The molecule has 0 atom stereocenters. The third-order valence-electron chi connectivity index (χ3n) is 2.84. The Hall–Kier alpha value is -1.90. The molecule has 0 unspecified atom stereocenters. The van der Waals surface area contributed by atoms with Gasteiger partial charge < -0.3 is 4.74 Å². The topological polar surface area (TPSA) is 35.0 Å². The lowest BCUT2D eigenvalue weighted by atomic mass is 9.98. The summed E-state index contributed by atoms with van der Waals surface area (Å²) in [6.45, 7) is 6.06. The molecule has 0 aliphatic carbocycles. The molecular formula is C14H16N2O. The molecule has 17 heavy (non-hydrogen) atoms. The summed E-state index contributed by atoms with van der Waals surface area (Å²) in [5, 5.41) is 8.06. The van der Waals surface area contributed by atoms with Gasteiger partial charge in [-0.15, -0.1) is 0 Å². The molecule has 0 spiro atoms. The van der Waals surface area contributed by atoms with Gasteiger partial charge in [0.25, 0.3) is 0 Å². The summed E-state index contributed by atoms with van der Waals surface area (Å²) in [7, 11) is 1.69. The lowest BCUT2D eigenvalue weighted by Gasteiger charge is -2.13. The van der Waals surface area contributed by atoms with E-state index >= 15 is 0 Å². The normalized spacial score (nSPS) is 10.4. The first-order chi connectivity index (χ1) is 8.13. The van der Waals surface area contributed by atoms with Crippen LogP contribution in [0, 0.1) is 20.8 Å². The van der Waals surface area contributed by atoms with E-state index < -0.39 is 0 Å². The van der Waals surface area contributed by atoms with Crippen molar-refractivity contribution in [2.75, 3.05) is 7.11 Å². The minimum Gasteiger partial charge on any atom is -0.496 e. The minimum absolute atomic E-state index is 0.879. The molecule has 0 fully saturated rings. The third-order valence-corrected chi connectivity index (χ3v) is 2.84. The van der Waals surface area contributed by atoms with Crippen LogP contribution in [-0.2, 0) is 0 Å². The molecule has 1 aromatic heterocycles. The summed E-state index contributed by atoms with van der Waals surface area (Å²) in [4.78, 5) is 0. The van der Waals surface area contributed by atoms with E-state index in [2.05, 4.69) is 29.3 Å². The summed E-state index contributed by atoms with van der Waals surface area (Å²) in [6.07, 6.45) is 1.78. The number of rotatable bonds is 2. The van der Waals surface area contributed by atoms with Crippen molar-refractivity contribution in [2.24, 2.45) is 0 Å². The van der Waals surface area contributed by atoms with Gasteiger partial charge in [-0.25, -0.2) is 0 Å². The Morgan fingerprint density at radius 3 is 2.53 bits per heavy atom. The monoisotopic (exact) mass is 228 g/mol. The molecule has 0 aliphatic rings. The number of hydrogen-bond donors (Lipinski definition) is 0. The molecule has 0 N–H and O–H groups in total. The second-order valence-electron chi connectivity index (χ2n) is 4.19. The number of hydrogen-bond acceptors (Lipinski definition) is 3. The fraction of sp³-hybridized carbons (Fsp3) is 0.286. The fourth-order valence-corrected chi connectivity index (χ4v) is 2.01. The van der Waals surface area contributed by atoms with Crippen molar-refractivity contribution in [1.29, 1.82) is 0 Å². The van der Waals surface area contributed by atoms with E-state index in [1.54, 1.807) is 13.3 Å². The maximum Gasteiger partial charge on any atom is 0.127 e. The number of aromatic nitrogens is 2. The first kappa shape index (κ1) is 11.6. The molecule has 1 aromatic carbocycles. The van der Waals surface area contributed by atoms with Crippen molar-refractivity contribution in [3.8, 4) is 16.9 Å². The van der Waals surface area contributed by atoms with E-state index in [1.807, 2.05) is 19.9 Å². The van der Waals surface area contributed by atoms with Crippen LogP contribution < -0.4 is 4.74 Å². The minimum atomic E-state index is 0.879. The quantitative estimate of drug-likeness (QED) is 0.792. The van der Waals surface area contributed by atoms with Crippen LogP contribution in [-0.4, -0.2) is 17.3 Å². The SMILES string of the molecule is COc1cc(C)ccc1-c1c(C)cnnc1C. The van der Waals surface area contributed by atoms with Gasteiger partial charge in [0.2, 0.25) is 0 Å². The van der Waals surface area contributed by atoms with Gasteiger partial charge in [-0.3, -0.25) is 0 Å². The number of benzene rings is 1. The van der Waals surface area contributed by atoms with Crippen molar-refractivity contribution in [3.63, 3.8) is 0 Å². The summed E-state index contributed by atoms with van der Waals surface area (Å²) in [6, 6.07) is 6.19. The molecule has 0 bridgehead atoms. The standard InChI is InChI=1S/C14H16N2O/c1-9-5-6-12(13(7-9)17-4)14-10(2)8-15-16-11(14)3/h5-8H,1-4H3. The van der Waals surface area contributed by atoms with Crippen molar-refractivity contribution < 1.29 is 4.74 Å². The lowest BCUT2D eigenvalue weighted by molar-refractivity contribution is 0.416. The summed E-state index contributed by atoms with van der Waals surface area (Å²) < 4.78 is 5.44. The largest absolute Gasteiger partial charge is 0.496 e. The smallest absolute Gasteiger partial charge is 0.127 e. The summed E-state index contributed by atoms with van der Waals surface area (Å²) in [5.74, 6) is 0.879. The Labute approximate surface area is 101 Å². The van der Waals surface area contributed by atoms with Gasteiger partial charge in [-0.1, -0.05) is 12.1 Å². The molecular weight excluding hydrogens is 212 g/mol. The Morgan fingerprint density at radius 1 is 1.12 bits per heavy atom. The predicted octanol–water partition coefficient (Wildman–Crippen LogP) is 3.08. The fourth-order valence-electron chi connectivity index (χ4n) is 2.01. The van der Waals surface area contributed by atoms with Crippen LogP contribution in [0.15, 0.2) is 24.4 Å². The van der Waals surface area contributed by atoms with Crippen LogP contribution in [0.3, 0.4) is 0 Å². The second kappa shape index (κ2) is 4.53. The van der Waals surface area contributed by atoms with Crippen LogP contribution in [0.1, 0.15) is 16.8 Å². The molecule has 0 aliphatic heterocycles. The Bertz CT molecular complexity index is 530. The van der Waals surface area contributed by atoms with E-state index in [1.165, 1.54) is 5.56 Å². The van der Waals surface area contributed by atoms with Crippen LogP contribution in [0.25, 0.3) is 11.1 Å². The highest BCUT2D eigenvalue weighted by Crippen LogP contribution is 2.33. The highest BCUT2D eigenvalue weighted by Gasteiger charge is 2.12. The van der Waals surface area contributed by atoms with E-state index in [0.717, 1.165) is 28.1 Å². The van der Waals surface area contributed by atoms with Gasteiger partial charge in [0.05, 0.1) is 19.0 Å². The second-order valence-corrected chi connectivity index (χ2v) is 4.19. The number of aryl methyl sites for hydroxylation is 3. The van der Waals surface area contributed by atoms with Gasteiger partial charge in [0.1, 0.15) is 5.75 Å². The van der Waals surface area contributed by atoms with Gasteiger partial charge in [0, 0.05) is 11.1 Å². The van der Waals surface area contributed by atoms with Gasteiger partial charge in [0.15, 0.2) is 0 Å². The van der Waals surface area contributed by atoms with Gasteiger partial charge in [-0.05, 0) is 38.0 Å². The maximum atomic E-state index is 5.44. The van der Waals surface area contributed by atoms with Crippen LogP contribution in [0.2, 0.25) is 0 Å². The highest BCUT2D eigenvalue weighted by atomic mass is 16.5. The van der Waals surface area contributed by atoms with Crippen molar-refractivity contribution in [2.45, 2.75) is 20.8 Å². The number of ether oxygens (including phenoxy) is 1. The summed E-state index contributed by atoms with van der Waals surface area (Å²) in [5.41, 5.74) is 5.40. The van der Waals surface area contributed by atoms with Crippen LogP contribution in [0.5, 0.6) is 5.75 Å². The molecule has 0 radical (unpaired) electrons. The first-order valence-electron chi connectivity index (χ1n) is 5.57. The van der Waals surface area contributed by atoms with Gasteiger partial charge >= 0.3 is 0 Å². The predicted molar refractivity (Wildman–Crippen MR) is 68.2 cm³/mol. The van der Waals surface area contributed by atoms with Gasteiger partial charge in [-0.2, -0.15) is 10.2 Å². The van der Waals surface area contributed by atoms with Crippen LogP contribution >= 0.6 is 0 Å². The number of methoxy groups -OCH3 is 1.